The summed E-state index contributed by atoms with van der Waals surface area (Å²) in [5, 5.41) is 21.3. The molecule has 0 aliphatic heterocycles. The molecular weight excluding hydrogens is 392 g/mol. The third-order valence-electron chi connectivity index (χ3n) is 8.54. The van der Waals surface area contributed by atoms with Gasteiger partial charge in [-0.25, -0.2) is 0 Å². The van der Waals surface area contributed by atoms with E-state index >= 15 is 0 Å². The summed E-state index contributed by atoms with van der Waals surface area (Å²) >= 11 is 0. The summed E-state index contributed by atoms with van der Waals surface area (Å²) < 4.78 is 5.45. The Morgan fingerprint density at radius 3 is 2.52 bits per heavy atom. The third kappa shape index (κ3) is 4.60. The largest absolute Gasteiger partial charge is 0.389 e. The number of hydrogen-bond donors (Lipinski definition) is 2. The molecule has 3 aliphatic rings. The number of rotatable bonds is 6. The van der Waals surface area contributed by atoms with E-state index in [0.29, 0.717) is 23.3 Å². The number of carbonyl (C=O) groups is 2. The number of carbonyl (C=O) groups excluding carboxylic acids is 2. The fourth-order valence-electron chi connectivity index (χ4n) is 6.71. The molecule has 0 saturated heterocycles. The lowest BCUT2D eigenvalue weighted by Gasteiger charge is -2.42. The van der Waals surface area contributed by atoms with Crippen molar-refractivity contribution in [2.75, 3.05) is 7.11 Å². The van der Waals surface area contributed by atoms with Crippen LogP contribution >= 0.6 is 0 Å². The van der Waals surface area contributed by atoms with E-state index in [2.05, 4.69) is 19.9 Å². The fourth-order valence-corrected chi connectivity index (χ4v) is 6.71. The molecule has 5 heteroatoms. The van der Waals surface area contributed by atoms with Gasteiger partial charge in [0.1, 0.15) is 18.2 Å². The molecule has 1 unspecified atom stereocenters. The normalized spacial score (nSPS) is 42.3. The van der Waals surface area contributed by atoms with Crippen molar-refractivity contribution in [1.82, 2.24) is 0 Å². The third-order valence-corrected chi connectivity index (χ3v) is 8.54. The summed E-state index contributed by atoms with van der Waals surface area (Å²) in [6, 6.07) is 0. The van der Waals surface area contributed by atoms with Crippen molar-refractivity contribution in [2.45, 2.75) is 84.0 Å². The second-order valence-electron chi connectivity index (χ2n) is 11.4. The summed E-state index contributed by atoms with van der Waals surface area (Å²) in [6.07, 6.45) is 10.4. The van der Waals surface area contributed by atoms with E-state index in [1.165, 1.54) is 0 Å². The number of ketones is 1. The van der Waals surface area contributed by atoms with Gasteiger partial charge in [0.25, 0.3) is 0 Å². The minimum atomic E-state index is -1.06. The van der Waals surface area contributed by atoms with Crippen LogP contribution in [0.25, 0.3) is 0 Å². The summed E-state index contributed by atoms with van der Waals surface area (Å²) in [6.45, 7) is 9.77. The number of fused-ring (bicyclic) bond motifs is 2. The van der Waals surface area contributed by atoms with Gasteiger partial charge >= 0.3 is 0 Å². The van der Waals surface area contributed by atoms with Crippen molar-refractivity contribution in [3.8, 4) is 0 Å². The van der Waals surface area contributed by atoms with Crippen LogP contribution in [0.4, 0.5) is 0 Å². The van der Waals surface area contributed by atoms with Gasteiger partial charge in [-0.3, -0.25) is 9.59 Å². The topological polar surface area (TPSA) is 83.8 Å². The van der Waals surface area contributed by atoms with Crippen molar-refractivity contribution >= 4 is 12.1 Å². The first kappa shape index (κ1) is 24.3. The maximum atomic E-state index is 12.7. The van der Waals surface area contributed by atoms with Crippen LogP contribution in [0, 0.1) is 35.0 Å². The van der Waals surface area contributed by atoms with Gasteiger partial charge in [-0.05, 0) is 75.2 Å². The van der Waals surface area contributed by atoms with E-state index in [0.717, 1.165) is 32.0 Å². The van der Waals surface area contributed by atoms with Gasteiger partial charge in [-0.2, -0.15) is 0 Å². The quantitative estimate of drug-likeness (QED) is 0.492. The van der Waals surface area contributed by atoms with Crippen LogP contribution in [0.5, 0.6) is 0 Å². The molecule has 3 rings (SSSR count). The zero-order chi connectivity index (χ0) is 23.2. The predicted octanol–water partition coefficient (Wildman–Crippen LogP) is 3.87. The predicted molar refractivity (Wildman–Crippen MR) is 120 cm³/mol. The smallest absolute Gasteiger partial charge is 0.146 e. The molecule has 0 amide bonds. The van der Waals surface area contributed by atoms with E-state index < -0.39 is 17.1 Å². The maximum Gasteiger partial charge on any atom is 0.146 e. The molecule has 0 bridgehead atoms. The highest BCUT2D eigenvalue weighted by Crippen LogP contribution is 2.59. The molecular formula is C26H40O5. The van der Waals surface area contributed by atoms with Crippen LogP contribution in [0.1, 0.15) is 66.7 Å². The first-order chi connectivity index (χ1) is 14.3. The first-order valence-electron chi connectivity index (χ1n) is 11.7. The lowest BCUT2D eigenvalue weighted by atomic mass is 9.63. The molecule has 0 spiro atoms. The van der Waals surface area contributed by atoms with Crippen molar-refractivity contribution < 1.29 is 24.5 Å². The van der Waals surface area contributed by atoms with Crippen LogP contribution in [-0.2, 0) is 14.3 Å². The zero-order valence-corrected chi connectivity index (χ0v) is 19.9. The molecule has 0 aromatic rings. The number of hydrogen-bond acceptors (Lipinski definition) is 5. The summed E-state index contributed by atoms with van der Waals surface area (Å²) in [4.78, 5) is 24.5. The Hall–Kier alpha value is -1.30. The lowest BCUT2D eigenvalue weighted by molar-refractivity contribution is -0.121. The monoisotopic (exact) mass is 432 g/mol. The highest BCUT2D eigenvalue weighted by molar-refractivity contribution is 5.94. The lowest BCUT2D eigenvalue weighted by Crippen LogP contribution is -2.40. The van der Waals surface area contributed by atoms with Gasteiger partial charge < -0.3 is 14.9 Å². The Morgan fingerprint density at radius 1 is 1.26 bits per heavy atom. The number of methoxy groups -OCH3 is 1. The van der Waals surface area contributed by atoms with Gasteiger partial charge in [-0.15, -0.1) is 0 Å². The zero-order valence-electron chi connectivity index (χ0n) is 19.9. The number of aldehydes is 1. The van der Waals surface area contributed by atoms with Crippen molar-refractivity contribution in [2.24, 2.45) is 35.0 Å². The van der Waals surface area contributed by atoms with Crippen molar-refractivity contribution in [3.05, 3.63) is 23.8 Å². The Balaban J connectivity index is 1.88. The summed E-state index contributed by atoms with van der Waals surface area (Å²) in [7, 11) is 1.61. The minimum absolute atomic E-state index is 0.00141. The molecule has 0 heterocycles. The number of ether oxygens (including phenoxy) is 1. The van der Waals surface area contributed by atoms with E-state index in [-0.39, 0.29) is 29.6 Å². The van der Waals surface area contributed by atoms with Crippen LogP contribution in [0.15, 0.2) is 23.8 Å². The molecule has 8 atom stereocenters. The molecule has 2 N–H and O–H groups in total. The standard InChI is InChI=1S/C26H40O5/c1-16(7-10-22(31-6)24(2,3)29)18-11-12-25(4)13-20-23(21(28)14-26(20,5)30)17(15-27)8-9-19(18)25/h7-8,10,15-16,18-20,22-23,29-30H,9,11-14H2,1-6H3/b10-7-,17-8-/t16-,18+,19-,20-,22?,23-,25+,26+/m0/s1. The molecule has 2 fully saturated rings. The molecule has 0 aromatic heterocycles. The maximum absolute atomic E-state index is 12.7. The fraction of sp³-hybridized carbons (Fsp3) is 0.769. The average molecular weight is 433 g/mol. The molecule has 2 saturated carbocycles. The van der Waals surface area contributed by atoms with Gasteiger partial charge in [0.2, 0.25) is 0 Å². The highest BCUT2D eigenvalue weighted by atomic mass is 16.5. The number of Topliss-reactive ketones (excluding diaryl/α,β-unsaturated/α-hetero) is 1. The Labute approximate surface area is 186 Å². The number of allylic oxidation sites excluding steroid dienone is 3. The van der Waals surface area contributed by atoms with Crippen LogP contribution in [-0.4, -0.2) is 46.7 Å². The van der Waals surface area contributed by atoms with Gasteiger partial charge in [-0.1, -0.05) is 32.1 Å². The Bertz CT molecular complexity index is 758. The Morgan fingerprint density at radius 2 is 1.94 bits per heavy atom. The molecule has 174 valence electrons. The van der Waals surface area contributed by atoms with Crippen LogP contribution in [0.2, 0.25) is 0 Å². The SMILES string of the molecule is COC(/C=C\[C@H](C)[C@H]1CC[C@]2(C)C[C@H]3[C@@H](C(=O)C[C@@]3(C)O)/C(C=O)=C\C[C@@H]12)C(C)(C)O. The highest BCUT2D eigenvalue weighted by Gasteiger charge is 2.56. The van der Waals surface area contributed by atoms with Crippen molar-refractivity contribution in [3.63, 3.8) is 0 Å². The Kier molecular flexibility index (Phi) is 6.73. The number of aliphatic hydroxyl groups is 2. The molecule has 5 nitrogen and oxygen atoms in total. The molecule has 3 aliphatic carbocycles. The van der Waals surface area contributed by atoms with E-state index in [4.69, 9.17) is 4.74 Å². The molecule has 0 aromatic carbocycles. The minimum Gasteiger partial charge on any atom is -0.389 e. The van der Waals surface area contributed by atoms with E-state index in [1.54, 1.807) is 27.9 Å². The van der Waals surface area contributed by atoms with Gasteiger partial charge in [0.05, 0.1) is 17.1 Å². The average Bonchev–Trinajstić information content (AvgIpc) is 3.07. The van der Waals surface area contributed by atoms with E-state index in [9.17, 15) is 19.8 Å². The summed E-state index contributed by atoms with van der Waals surface area (Å²) in [5.74, 6) is 0.429. The van der Waals surface area contributed by atoms with Gasteiger partial charge in [0, 0.05) is 19.4 Å². The second kappa shape index (κ2) is 8.57. The summed E-state index contributed by atoms with van der Waals surface area (Å²) in [5.41, 5.74) is -1.43. The first-order valence-corrected chi connectivity index (χ1v) is 11.7. The van der Waals surface area contributed by atoms with Crippen LogP contribution < -0.4 is 0 Å². The van der Waals surface area contributed by atoms with Crippen LogP contribution in [0.3, 0.4) is 0 Å². The van der Waals surface area contributed by atoms with Gasteiger partial charge in [0.15, 0.2) is 0 Å². The molecule has 31 heavy (non-hydrogen) atoms. The molecule has 0 radical (unpaired) electrons. The van der Waals surface area contributed by atoms with E-state index in [1.807, 2.05) is 12.2 Å². The van der Waals surface area contributed by atoms with Crippen molar-refractivity contribution in [1.29, 1.82) is 0 Å². The second-order valence-corrected chi connectivity index (χ2v) is 11.4.